The molecular weight excluding hydrogens is 344 g/mol. The van der Waals surface area contributed by atoms with E-state index in [9.17, 15) is 4.79 Å². The predicted octanol–water partition coefficient (Wildman–Crippen LogP) is 4.99. The second kappa shape index (κ2) is 10.2. The Morgan fingerprint density at radius 3 is 2.36 bits per heavy atom. The van der Waals surface area contributed by atoms with Crippen LogP contribution in [0, 0.1) is 0 Å². The van der Waals surface area contributed by atoms with Crippen LogP contribution in [0.2, 0.25) is 0 Å². The highest BCUT2D eigenvalue weighted by Crippen LogP contribution is 2.34. The summed E-state index contributed by atoms with van der Waals surface area (Å²) >= 11 is 0. The van der Waals surface area contributed by atoms with E-state index in [0.717, 1.165) is 37.8 Å². The normalized spacial score (nSPS) is 19.6. The third kappa shape index (κ3) is 5.56. The smallest absolute Gasteiger partial charge is 0.226 e. The zero-order valence-electron chi connectivity index (χ0n) is 17.1. The first-order valence-corrected chi connectivity index (χ1v) is 10.4. The summed E-state index contributed by atoms with van der Waals surface area (Å²) < 4.78 is 0. The summed E-state index contributed by atoms with van der Waals surface area (Å²) in [6.45, 7) is 0.915. The number of amides is 1. The molecule has 2 aromatic carbocycles. The fraction of sp³-hybridized carbons (Fsp3) is 0.400. The maximum Gasteiger partial charge on any atom is 0.226 e. The predicted molar refractivity (Wildman–Crippen MR) is 117 cm³/mol. The Morgan fingerprint density at radius 1 is 1.04 bits per heavy atom. The molecular formula is C25H32N2O. The van der Waals surface area contributed by atoms with Gasteiger partial charge in [0.05, 0.1) is 0 Å². The lowest BCUT2D eigenvalue weighted by Crippen LogP contribution is -2.38. The molecule has 0 spiro atoms. The molecule has 3 heteroatoms. The molecule has 3 rings (SSSR count). The molecule has 0 radical (unpaired) electrons. The lowest BCUT2D eigenvalue weighted by molar-refractivity contribution is -0.131. The van der Waals surface area contributed by atoms with Gasteiger partial charge in [-0.25, -0.2) is 0 Å². The average molecular weight is 377 g/mol. The summed E-state index contributed by atoms with van der Waals surface area (Å²) in [4.78, 5) is 14.5. The first-order valence-electron chi connectivity index (χ1n) is 10.4. The van der Waals surface area contributed by atoms with Crippen molar-refractivity contribution in [2.24, 2.45) is 0 Å². The molecule has 0 aromatic heterocycles. The minimum Gasteiger partial charge on any atom is -0.343 e. The minimum atomic E-state index is 0.215. The third-order valence-electron chi connectivity index (χ3n) is 5.87. The topological polar surface area (TPSA) is 32.3 Å². The SMILES string of the molecule is CNCc1ccc(C2CCC(N(C)C(=O)C/C=C/c3ccccc3)CC2)cc1. The quantitative estimate of drug-likeness (QED) is 0.738. The average Bonchev–Trinajstić information content (AvgIpc) is 2.75. The highest BCUT2D eigenvalue weighted by molar-refractivity contribution is 5.78. The van der Waals surface area contributed by atoms with Crippen molar-refractivity contribution in [3.8, 4) is 0 Å². The summed E-state index contributed by atoms with van der Waals surface area (Å²) in [6.07, 6.45) is 8.98. The summed E-state index contributed by atoms with van der Waals surface area (Å²) in [5, 5.41) is 3.19. The van der Waals surface area contributed by atoms with E-state index in [-0.39, 0.29) is 5.91 Å². The lowest BCUT2D eigenvalue weighted by Gasteiger charge is -2.35. The van der Waals surface area contributed by atoms with E-state index < -0.39 is 0 Å². The molecule has 1 amide bonds. The van der Waals surface area contributed by atoms with Gasteiger partial charge in [-0.1, -0.05) is 66.7 Å². The number of nitrogens with one attached hydrogen (secondary N) is 1. The number of nitrogens with zero attached hydrogens (tertiary/aromatic N) is 1. The number of hydrogen-bond donors (Lipinski definition) is 1. The molecule has 0 heterocycles. The van der Waals surface area contributed by atoms with Crippen molar-refractivity contribution in [1.29, 1.82) is 0 Å². The van der Waals surface area contributed by atoms with Crippen LogP contribution in [0.1, 0.15) is 54.7 Å². The molecule has 1 aliphatic carbocycles. The highest BCUT2D eigenvalue weighted by atomic mass is 16.2. The summed E-state index contributed by atoms with van der Waals surface area (Å²) in [5.41, 5.74) is 3.91. The second-order valence-corrected chi connectivity index (χ2v) is 7.80. The van der Waals surface area contributed by atoms with Gasteiger partial charge in [-0.15, -0.1) is 0 Å². The van der Waals surface area contributed by atoms with E-state index in [1.54, 1.807) is 0 Å². The van der Waals surface area contributed by atoms with Crippen molar-refractivity contribution >= 4 is 12.0 Å². The molecule has 0 unspecified atom stereocenters. The Labute approximate surface area is 169 Å². The van der Waals surface area contributed by atoms with Gasteiger partial charge in [-0.05, 0) is 55.3 Å². The van der Waals surface area contributed by atoms with Gasteiger partial charge in [0.2, 0.25) is 5.91 Å². The molecule has 0 atom stereocenters. The summed E-state index contributed by atoms with van der Waals surface area (Å²) in [6, 6.07) is 19.5. The fourth-order valence-corrected chi connectivity index (χ4v) is 4.12. The number of benzene rings is 2. The van der Waals surface area contributed by atoms with Crippen LogP contribution in [0.5, 0.6) is 0 Å². The zero-order valence-corrected chi connectivity index (χ0v) is 17.1. The summed E-state index contributed by atoms with van der Waals surface area (Å²) in [5.74, 6) is 0.841. The molecule has 0 saturated heterocycles. The maximum absolute atomic E-state index is 12.6. The van der Waals surface area contributed by atoms with Crippen LogP contribution in [-0.2, 0) is 11.3 Å². The van der Waals surface area contributed by atoms with Crippen LogP contribution in [0.3, 0.4) is 0 Å². The van der Waals surface area contributed by atoms with Gasteiger partial charge in [0.25, 0.3) is 0 Å². The Balaban J connectivity index is 1.47. The molecule has 2 aromatic rings. The molecule has 3 nitrogen and oxygen atoms in total. The van der Waals surface area contributed by atoms with Crippen LogP contribution in [0.4, 0.5) is 0 Å². The van der Waals surface area contributed by atoms with Crippen molar-refractivity contribution in [1.82, 2.24) is 10.2 Å². The standard InChI is InChI=1S/C25H32N2O/c1-26-19-21-11-13-22(14-12-21)23-15-17-24(18-16-23)27(2)25(28)10-6-9-20-7-4-3-5-8-20/h3-9,11-14,23-24,26H,10,15-19H2,1-2H3/b9-6+. The molecule has 1 fully saturated rings. The Morgan fingerprint density at radius 2 is 1.71 bits per heavy atom. The van der Waals surface area contributed by atoms with Crippen molar-refractivity contribution in [2.75, 3.05) is 14.1 Å². The third-order valence-corrected chi connectivity index (χ3v) is 5.87. The van der Waals surface area contributed by atoms with E-state index in [4.69, 9.17) is 0 Å². The van der Waals surface area contributed by atoms with Crippen LogP contribution in [0.15, 0.2) is 60.7 Å². The number of rotatable bonds is 7. The first kappa shape index (κ1) is 20.3. The lowest BCUT2D eigenvalue weighted by atomic mass is 9.81. The Kier molecular flexibility index (Phi) is 7.44. The molecule has 1 N–H and O–H groups in total. The fourth-order valence-electron chi connectivity index (χ4n) is 4.12. The number of carbonyl (C=O) groups excluding carboxylic acids is 1. The molecule has 0 bridgehead atoms. The first-order chi connectivity index (χ1) is 13.7. The molecule has 28 heavy (non-hydrogen) atoms. The Hall–Kier alpha value is -2.39. The van der Waals surface area contributed by atoms with Crippen LogP contribution in [-0.4, -0.2) is 30.9 Å². The van der Waals surface area contributed by atoms with Crippen molar-refractivity contribution in [3.63, 3.8) is 0 Å². The van der Waals surface area contributed by atoms with E-state index in [2.05, 4.69) is 41.7 Å². The van der Waals surface area contributed by atoms with Crippen molar-refractivity contribution in [3.05, 3.63) is 77.4 Å². The maximum atomic E-state index is 12.6. The summed E-state index contributed by atoms with van der Waals surface area (Å²) in [7, 11) is 3.95. The molecule has 0 aliphatic heterocycles. The van der Waals surface area contributed by atoms with Gasteiger partial charge >= 0.3 is 0 Å². The van der Waals surface area contributed by atoms with Crippen molar-refractivity contribution < 1.29 is 4.79 Å². The van der Waals surface area contributed by atoms with E-state index in [1.165, 1.54) is 11.1 Å². The van der Waals surface area contributed by atoms with E-state index in [0.29, 0.717) is 18.4 Å². The van der Waals surface area contributed by atoms with Crippen LogP contribution >= 0.6 is 0 Å². The van der Waals surface area contributed by atoms with Gasteiger partial charge < -0.3 is 10.2 Å². The molecule has 1 saturated carbocycles. The highest BCUT2D eigenvalue weighted by Gasteiger charge is 2.26. The minimum absolute atomic E-state index is 0.215. The number of carbonyl (C=O) groups is 1. The van der Waals surface area contributed by atoms with Crippen LogP contribution < -0.4 is 5.32 Å². The van der Waals surface area contributed by atoms with Gasteiger partial charge in [0.15, 0.2) is 0 Å². The van der Waals surface area contributed by atoms with E-state index in [1.807, 2.05) is 49.3 Å². The van der Waals surface area contributed by atoms with E-state index >= 15 is 0 Å². The van der Waals surface area contributed by atoms with Gasteiger partial charge in [0.1, 0.15) is 0 Å². The molecule has 1 aliphatic rings. The van der Waals surface area contributed by atoms with Gasteiger partial charge in [-0.3, -0.25) is 4.79 Å². The van der Waals surface area contributed by atoms with Gasteiger partial charge in [0, 0.05) is 26.1 Å². The zero-order chi connectivity index (χ0) is 19.8. The van der Waals surface area contributed by atoms with Crippen LogP contribution in [0.25, 0.3) is 6.08 Å². The van der Waals surface area contributed by atoms with Crippen molar-refractivity contribution in [2.45, 2.75) is 50.6 Å². The van der Waals surface area contributed by atoms with Gasteiger partial charge in [-0.2, -0.15) is 0 Å². The molecule has 148 valence electrons. The second-order valence-electron chi connectivity index (χ2n) is 7.80. The number of hydrogen-bond acceptors (Lipinski definition) is 2. The monoisotopic (exact) mass is 376 g/mol. The Bertz CT molecular complexity index is 759. The largest absolute Gasteiger partial charge is 0.343 e.